The van der Waals surface area contributed by atoms with E-state index in [-0.39, 0.29) is 12.0 Å². The van der Waals surface area contributed by atoms with Crippen LogP contribution >= 0.6 is 0 Å². The van der Waals surface area contributed by atoms with E-state index in [0.717, 1.165) is 13.0 Å². The molecule has 1 unspecified atom stereocenters. The number of halogens is 3. The van der Waals surface area contributed by atoms with Gasteiger partial charge in [-0.15, -0.1) is 0 Å². The molecule has 1 atom stereocenters. The first-order chi connectivity index (χ1) is 8.33. The summed E-state index contributed by atoms with van der Waals surface area (Å²) in [5.41, 5.74) is -0.0735. The highest BCUT2D eigenvalue weighted by atomic mass is 19.4. The third-order valence-electron chi connectivity index (χ3n) is 3.11. The SMILES string of the molecule is CC(C)NCC1(CCOCC(F)(F)F)CCOC1. The van der Waals surface area contributed by atoms with Crippen molar-refractivity contribution in [3.05, 3.63) is 0 Å². The summed E-state index contributed by atoms with van der Waals surface area (Å²) < 4.78 is 45.9. The van der Waals surface area contributed by atoms with E-state index in [0.29, 0.717) is 25.7 Å². The number of nitrogens with one attached hydrogen (secondary N) is 1. The van der Waals surface area contributed by atoms with Crippen LogP contribution in [0, 0.1) is 5.41 Å². The summed E-state index contributed by atoms with van der Waals surface area (Å²) in [7, 11) is 0. The van der Waals surface area contributed by atoms with E-state index in [1.165, 1.54) is 0 Å². The summed E-state index contributed by atoms with van der Waals surface area (Å²) in [5.74, 6) is 0. The van der Waals surface area contributed by atoms with Crippen molar-refractivity contribution in [2.24, 2.45) is 5.41 Å². The normalized spacial score (nSPS) is 25.0. The maximum absolute atomic E-state index is 11.9. The van der Waals surface area contributed by atoms with Crippen molar-refractivity contribution >= 4 is 0 Å². The molecule has 0 aromatic rings. The first-order valence-electron chi connectivity index (χ1n) is 6.29. The molecular formula is C12H22F3NO2. The minimum Gasteiger partial charge on any atom is -0.381 e. The van der Waals surface area contributed by atoms with E-state index in [2.05, 4.69) is 10.1 Å². The van der Waals surface area contributed by atoms with Gasteiger partial charge in [0.1, 0.15) is 6.61 Å². The third kappa shape index (κ3) is 6.02. The average Bonchev–Trinajstić information content (AvgIpc) is 2.70. The number of alkyl halides is 3. The molecule has 0 radical (unpaired) electrons. The smallest absolute Gasteiger partial charge is 0.381 e. The fourth-order valence-electron chi connectivity index (χ4n) is 1.97. The Labute approximate surface area is 106 Å². The van der Waals surface area contributed by atoms with Crippen LogP contribution in [0.4, 0.5) is 13.2 Å². The van der Waals surface area contributed by atoms with Crippen molar-refractivity contribution in [3.63, 3.8) is 0 Å². The van der Waals surface area contributed by atoms with Crippen LogP contribution in [0.1, 0.15) is 26.7 Å². The Morgan fingerprint density at radius 2 is 2.11 bits per heavy atom. The minimum atomic E-state index is -4.24. The molecule has 1 saturated heterocycles. The van der Waals surface area contributed by atoms with Gasteiger partial charge in [-0.3, -0.25) is 0 Å². The molecule has 18 heavy (non-hydrogen) atoms. The van der Waals surface area contributed by atoms with Gasteiger partial charge in [-0.05, 0) is 12.8 Å². The van der Waals surface area contributed by atoms with Crippen molar-refractivity contribution in [1.29, 1.82) is 0 Å². The van der Waals surface area contributed by atoms with E-state index >= 15 is 0 Å². The van der Waals surface area contributed by atoms with Gasteiger partial charge in [0.2, 0.25) is 0 Å². The molecule has 0 aromatic heterocycles. The summed E-state index contributed by atoms with van der Waals surface area (Å²) in [6.07, 6.45) is -2.76. The van der Waals surface area contributed by atoms with Gasteiger partial charge >= 0.3 is 6.18 Å². The predicted octanol–water partition coefficient (Wildman–Crippen LogP) is 2.36. The maximum atomic E-state index is 11.9. The molecule has 0 bridgehead atoms. The fraction of sp³-hybridized carbons (Fsp3) is 1.00. The lowest BCUT2D eigenvalue weighted by Gasteiger charge is -2.28. The molecule has 0 spiro atoms. The molecule has 1 N–H and O–H groups in total. The molecule has 0 aromatic carbocycles. The highest BCUT2D eigenvalue weighted by Crippen LogP contribution is 2.32. The van der Waals surface area contributed by atoms with Crippen LogP contribution in [0.25, 0.3) is 0 Å². The molecule has 1 heterocycles. The van der Waals surface area contributed by atoms with E-state index in [1.807, 2.05) is 13.8 Å². The quantitative estimate of drug-likeness (QED) is 0.720. The molecule has 0 saturated carbocycles. The molecule has 1 aliphatic heterocycles. The van der Waals surface area contributed by atoms with Gasteiger partial charge in [-0.1, -0.05) is 13.8 Å². The van der Waals surface area contributed by atoms with Crippen LogP contribution in [0.15, 0.2) is 0 Å². The highest BCUT2D eigenvalue weighted by molar-refractivity contribution is 4.85. The van der Waals surface area contributed by atoms with Crippen molar-refractivity contribution in [2.45, 2.75) is 38.9 Å². The molecule has 1 aliphatic rings. The summed E-state index contributed by atoms with van der Waals surface area (Å²) in [6.45, 7) is 5.10. The lowest BCUT2D eigenvalue weighted by atomic mass is 9.84. The van der Waals surface area contributed by atoms with Gasteiger partial charge < -0.3 is 14.8 Å². The zero-order valence-electron chi connectivity index (χ0n) is 11.0. The van der Waals surface area contributed by atoms with Crippen molar-refractivity contribution in [3.8, 4) is 0 Å². The van der Waals surface area contributed by atoms with Gasteiger partial charge in [0, 0.05) is 31.2 Å². The Bertz CT molecular complexity index is 238. The maximum Gasteiger partial charge on any atom is 0.411 e. The first-order valence-corrected chi connectivity index (χ1v) is 6.29. The summed E-state index contributed by atoms with van der Waals surface area (Å²) >= 11 is 0. The molecule has 108 valence electrons. The second-order valence-electron chi connectivity index (χ2n) is 5.26. The van der Waals surface area contributed by atoms with Crippen LogP contribution in [-0.4, -0.2) is 45.2 Å². The Morgan fingerprint density at radius 1 is 1.39 bits per heavy atom. The molecule has 0 amide bonds. The second-order valence-corrected chi connectivity index (χ2v) is 5.26. The molecule has 6 heteroatoms. The van der Waals surface area contributed by atoms with Crippen LogP contribution in [0.2, 0.25) is 0 Å². The van der Waals surface area contributed by atoms with E-state index in [4.69, 9.17) is 4.74 Å². The van der Waals surface area contributed by atoms with Gasteiger partial charge in [0.25, 0.3) is 0 Å². The average molecular weight is 269 g/mol. The van der Waals surface area contributed by atoms with Crippen molar-refractivity contribution < 1.29 is 22.6 Å². The zero-order chi connectivity index (χ0) is 13.6. The Morgan fingerprint density at radius 3 is 2.61 bits per heavy atom. The highest BCUT2D eigenvalue weighted by Gasteiger charge is 2.35. The Balaban J connectivity index is 2.29. The summed E-state index contributed by atoms with van der Waals surface area (Å²) in [6, 6.07) is 0.360. The van der Waals surface area contributed by atoms with Gasteiger partial charge in [-0.25, -0.2) is 0 Å². The van der Waals surface area contributed by atoms with Crippen LogP contribution in [0.5, 0.6) is 0 Å². The van der Waals surface area contributed by atoms with Crippen LogP contribution in [0.3, 0.4) is 0 Å². The Hall–Kier alpha value is -0.330. The second kappa shape index (κ2) is 6.73. The first kappa shape index (κ1) is 15.7. The molecule has 0 aliphatic carbocycles. The summed E-state index contributed by atoms with van der Waals surface area (Å²) in [4.78, 5) is 0. The number of hydrogen-bond acceptors (Lipinski definition) is 3. The topological polar surface area (TPSA) is 30.5 Å². The van der Waals surface area contributed by atoms with Crippen molar-refractivity contribution in [2.75, 3.05) is 33.0 Å². The molecule has 1 fully saturated rings. The lowest BCUT2D eigenvalue weighted by molar-refractivity contribution is -0.175. The molecular weight excluding hydrogens is 247 g/mol. The predicted molar refractivity (Wildman–Crippen MR) is 62.5 cm³/mol. The van der Waals surface area contributed by atoms with Crippen LogP contribution in [-0.2, 0) is 9.47 Å². The molecule has 1 rings (SSSR count). The standard InChI is InChI=1S/C12H22F3NO2/c1-10(2)16-7-11(3-5-17-8-11)4-6-18-9-12(13,14)15/h10,16H,3-9H2,1-2H3. The van der Waals surface area contributed by atoms with Gasteiger partial charge in [-0.2, -0.15) is 13.2 Å². The van der Waals surface area contributed by atoms with Crippen molar-refractivity contribution in [1.82, 2.24) is 5.32 Å². The number of hydrogen-bond donors (Lipinski definition) is 1. The largest absolute Gasteiger partial charge is 0.411 e. The van der Waals surface area contributed by atoms with Gasteiger partial charge in [0.05, 0.1) is 6.61 Å². The third-order valence-corrected chi connectivity index (χ3v) is 3.11. The lowest BCUT2D eigenvalue weighted by Crippen LogP contribution is -2.39. The monoisotopic (exact) mass is 269 g/mol. The van der Waals surface area contributed by atoms with Crippen LogP contribution < -0.4 is 5.32 Å². The number of ether oxygens (including phenoxy) is 2. The fourth-order valence-corrected chi connectivity index (χ4v) is 1.97. The van der Waals surface area contributed by atoms with Gasteiger partial charge in [0.15, 0.2) is 0 Å². The van der Waals surface area contributed by atoms with E-state index in [9.17, 15) is 13.2 Å². The number of rotatable bonds is 7. The Kier molecular flexibility index (Phi) is 5.88. The zero-order valence-corrected chi connectivity index (χ0v) is 11.0. The summed E-state index contributed by atoms with van der Waals surface area (Å²) in [5, 5.41) is 3.33. The van der Waals surface area contributed by atoms with E-state index < -0.39 is 12.8 Å². The minimum absolute atomic E-state index is 0.0735. The van der Waals surface area contributed by atoms with E-state index in [1.54, 1.807) is 0 Å². The molecule has 3 nitrogen and oxygen atoms in total.